The highest BCUT2D eigenvalue weighted by molar-refractivity contribution is 9.10. The number of nitrogens with zero attached hydrogens (tertiary/aromatic N) is 1. The lowest BCUT2D eigenvalue weighted by Crippen LogP contribution is -2.42. The molecule has 0 aliphatic heterocycles. The van der Waals surface area contributed by atoms with E-state index in [0.29, 0.717) is 18.6 Å². The second-order valence-corrected chi connectivity index (χ2v) is 6.74. The van der Waals surface area contributed by atoms with Crippen molar-refractivity contribution in [2.24, 2.45) is 5.73 Å². The fourth-order valence-corrected chi connectivity index (χ4v) is 3.73. The third-order valence-corrected chi connectivity index (χ3v) is 5.49. The van der Waals surface area contributed by atoms with Gasteiger partial charge in [0.1, 0.15) is 0 Å². The van der Waals surface area contributed by atoms with Crippen LogP contribution in [0, 0.1) is 6.92 Å². The molecule has 1 atom stereocenters. The number of nitrogens with two attached hydrogens (primary N) is 1. The Balaban J connectivity index is 2.21. The van der Waals surface area contributed by atoms with Crippen LogP contribution in [0.4, 0.5) is 0 Å². The van der Waals surface area contributed by atoms with E-state index in [1.54, 1.807) is 0 Å². The SMILES string of the molecule is CCN(C1CCCCC1)C(CN)c1ccc(Br)c(C)c1. The molecule has 2 rings (SSSR count). The molecule has 1 aliphatic rings. The minimum absolute atomic E-state index is 0.356. The van der Waals surface area contributed by atoms with Gasteiger partial charge in [-0.05, 0) is 43.5 Å². The van der Waals surface area contributed by atoms with E-state index in [9.17, 15) is 0 Å². The van der Waals surface area contributed by atoms with Gasteiger partial charge in [0.2, 0.25) is 0 Å². The highest BCUT2D eigenvalue weighted by atomic mass is 79.9. The monoisotopic (exact) mass is 338 g/mol. The van der Waals surface area contributed by atoms with Crippen LogP contribution < -0.4 is 5.73 Å². The number of likely N-dealkylation sites (N-methyl/N-ethyl adjacent to an activating group) is 1. The van der Waals surface area contributed by atoms with E-state index in [2.05, 4.69) is 52.9 Å². The Morgan fingerprint density at radius 3 is 2.55 bits per heavy atom. The van der Waals surface area contributed by atoms with Crippen LogP contribution in [0.5, 0.6) is 0 Å². The molecule has 2 N–H and O–H groups in total. The highest BCUT2D eigenvalue weighted by Gasteiger charge is 2.26. The summed E-state index contributed by atoms with van der Waals surface area (Å²) in [5.74, 6) is 0. The molecule has 1 aliphatic carbocycles. The molecule has 0 spiro atoms. The van der Waals surface area contributed by atoms with Gasteiger partial charge in [0.25, 0.3) is 0 Å². The van der Waals surface area contributed by atoms with Crippen LogP contribution in [0.3, 0.4) is 0 Å². The summed E-state index contributed by atoms with van der Waals surface area (Å²) in [4.78, 5) is 2.63. The normalized spacial score (nSPS) is 18.4. The highest BCUT2D eigenvalue weighted by Crippen LogP contribution is 2.31. The smallest absolute Gasteiger partial charge is 0.0473 e. The van der Waals surface area contributed by atoms with Crippen molar-refractivity contribution >= 4 is 15.9 Å². The zero-order valence-electron chi connectivity index (χ0n) is 12.7. The molecule has 0 amide bonds. The van der Waals surface area contributed by atoms with Crippen LogP contribution in [0.15, 0.2) is 22.7 Å². The number of aryl methyl sites for hydroxylation is 1. The molecule has 1 fully saturated rings. The maximum atomic E-state index is 6.12. The van der Waals surface area contributed by atoms with E-state index in [-0.39, 0.29) is 0 Å². The summed E-state index contributed by atoms with van der Waals surface area (Å²) in [6.45, 7) is 6.20. The Morgan fingerprint density at radius 1 is 1.30 bits per heavy atom. The van der Waals surface area contributed by atoms with Crippen LogP contribution in [-0.2, 0) is 0 Å². The Hall–Kier alpha value is -0.380. The maximum Gasteiger partial charge on any atom is 0.0473 e. The molecular weight excluding hydrogens is 312 g/mol. The molecule has 1 saturated carbocycles. The van der Waals surface area contributed by atoms with Crippen LogP contribution in [0.25, 0.3) is 0 Å². The lowest BCUT2D eigenvalue weighted by atomic mass is 9.91. The largest absolute Gasteiger partial charge is 0.329 e. The quantitative estimate of drug-likeness (QED) is 0.861. The first-order chi connectivity index (χ1) is 9.67. The Kier molecular flexibility index (Phi) is 6.06. The third kappa shape index (κ3) is 3.63. The van der Waals surface area contributed by atoms with Gasteiger partial charge in [0, 0.05) is 23.1 Å². The molecule has 0 radical (unpaired) electrons. The standard InChI is InChI=1S/C17H27BrN2/c1-3-20(15-7-5-4-6-8-15)17(12-19)14-9-10-16(18)13(2)11-14/h9-11,15,17H,3-8,12,19H2,1-2H3. The Labute approximate surface area is 131 Å². The molecule has 1 aromatic carbocycles. The average molecular weight is 339 g/mol. The van der Waals surface area contributed by atoms with Gasteiger partial charge in [-0.3, -0.25) is 4.90 Å². The van der Waals surface area contributed by atoms with E-state index >= 15 is 0 Å². The van der Waals surface area contributed by atoms with Crippen molar-refractivity contribution < 1.29 is 0 Å². The molecule has 0 heterocycles. The molecule has 0 saturated heterocycles. The molecule has 2 nitrogen and oxygen atoms in total. The summed E-state index contributed by atoms with van der Waals surface area (Å²) >= 11 is 3.59. The summed E-state index contributed by atoms with van der Waals surface area (Å²) in [5.41, 5.74) is 8.78. The fourth-order valence-electron chi connectivity index (χ4n) is 3.48. The number of hydrogen-bond donors (Lipinski definition) is 1. The van der Waals surface area contributed by atoms with Gasteiger partial charge in [-0.15, -0.1) is 0 Å². The van der Waals surface area contributed by atoms with E-state index in [1.807, 2.05) is 0 Å². The summed E-state index contributed by atoms with van der Waals surface area (Å²) in [7, 11) is 0. The third-order valence-electron chi connectivity index (χ3n) is 4.60. The van der Waals surface area contributed by atoms with Gasteiger partial charge in [0.05, 0.1) is 0 Å². The average Bonchev–Trinajstić information content (AvgIpc) is 2.48. The first-order valence-corrected chi connectivity index (χ1v) is 8.68. The number of benzene rings is 1. The van der Waals surface area contributed by atoms with Gasteiger partial charge < -0.3 is 5.73 Å². The molecule has 0 bridgehead atoms. The van der Waals surface area contributed by atoms with Gasteiger partial charge in [-0.1, -0.05) is 54.2 Å². The summed E-state index contributed by atoms with van der Waals surface area (Å²) in [5, 5.41) is 0. The van der Waals surface area contributed by atoms with Crippen molar-refractivity contribution in [2.75, 3.05) is 13.1 Å². The van der Waals surface area contributed by atoms with Crippen molar-refractivity contribution in [1.29, 1.82) is 0 Å². The molecule has 20 heavy (non-hydrogen) atoms. The van der Waals surface area contributed by atoms with Gasteiger partial charge in [-0.2, -0.15) is 0 Å². The number of hydrogen-bond acceptors (Lipinski definition) is 2. The number of rotatable bonds is 5. The van der Waals surface area contributed by atoms with Crippen molar-refractivity contribution in [3.63, 3.8) is 0 Å². The van der Waals surface area contributed by atoms with Crippen molar-refractivity contribution in [2.45, 2.75) is 58.0 Å². The fraction of sp³-hybridized carbons (Fsp3) is 0.647. The van der Waals surface area contributed by atoms with E-state index in [4.69, 9.17) is 5.73 Å². The van der Waals surface area contributed by atoms with Crippen LogP contribution in [0.1, 0.15) is 56.2 Å². The maximum absolute atomic E-state index is 6.12. The minimum atomic E-state index is 0.356. The van der Waals surface area contributed by atoms with Crippen LogP contribution in [0.2, 0.25) is 0 Å². The van der Waals surface area contributed by atoms with Gasteiger partial charge >= 0.3 is 0 Å². The predicted octanol–water partition coefficient (Wildman–Crippen LogP) is 4.41. The van der Waals surface area contributed by atoms with E-state index in [1.165, 1.54) is 47.7 Å². The molecule has 3 heteroatoms. The molecular formula is C17H27BrN2. The Bertz CT molecular complexity index is 427. The van der Waals surface area contributed by atoms with Crippen molar-refractivity contribution in [1.82, 2.24) is 4.90 Å². The first kappa shape index (κ1) is 16.0. The molecule has 1 unspecified atom stereocenters. The summed E-state index contributed by atoms with van der Waals surface area (Å²) < 4.78 is 1.18. The predicted molar refractivity (Wildman–Crippen MR) is 89.9 cm³/mol. The van der Waals surface area contributed by atoms with E-state index < -0.39 is 0 Å². The molecule has 1 aromatic rings. The second-order valence-electron chi connectivity index (χ2n) is 5.88. The van der Waals surface area contributed by atoms with E-state index in [0.717, 1.165) is 6.54 Å². The van der Waals surface area contributed by atoms with Crippen LogP contribution >= 0.6 is 15.9 Å². The first-order valence-electron chi connectivity index (χ1n) is 7.89. The zero-order chi connectivity index (χ0) is 14.5. The zero-order valence-corrected chi connectivity index (χ0v) is 14.3. The van der Waals surface area contributed by atoms with Crippen molar-refractivity contribution in [3.05, 3.63) is 33.8 Å². The van der Waals surface area contributed by atoms with Gasteiger partial charge in [0.15, 0.2) is 0 Å². The Morgan fingerprint density at radius 2 is 2.00 bits per heavy atom. The summed E-state index contributed by atoms with van der Waals surface area (Å²) in [6.07, 6.45) is 6.81. The minimum Gasteiger partial charge on any atom is -0.329 e. The molecule has 0 aromatic heterocycles. The summed E-state index contributed by atoms with van der Waals surface area (Å²) in [6, 6.07) is 7.73. The number of halogens is 1. The van der Waals surface area contributed by atoms with Crippen LogP contribution in [-0.4, -0.2) is 24.0 Å². The topological polar surface area (TPSA) is 29.3 Å². The molecule has 112 valence electrons. The van der Waals surface area contributed by atoms with Gasteiger partial charge in [-0.25, -0.2) is 0 Å². The van der Waals surface area contributed by atoms with Crippen molar-refractivity contribution in [3.8, 4) is 0 Å². The second kappa shape index (κ2) is 7.58. The lowest BCUT2D eigenvalue weighted by Gasteiger charge is -2.39. The lowest BCUT2D eigenvalue weighted by molar-refractivity contribution is 0.114.